The van der Waals surface area contributed by atoms with Crippen LogP contribution >= 0.6 is 0 Å². The van der Waals surface area contributed by atoms with E-state index < -0.39 is 11.9 Å². The molecule has 0 amide bonds. The number of hydrogen-bond acceptors (Lipinski definition) is 5. The largest absolute Gasteiger partial charge is 0.462 e. The first kappa shape index (κ1) is 21.0. The quantitative estimate of drug-likeness (QED) is 0.491. The Labute approximate surface area is 165 Å². The summed E-state index contributed by atoms with van der Waals surface area (Å²) in [5.74, 6) is -1.17. The molecule has 0 bridgehead atoms. The topological polar surface area (TPSA) is 64.6 Å². The molecule has 0 radical (unpaired) electrons. The lowest BCUT2D eigenvalue weighted by molar-refractivity contribution is -0.142. The molecule has 2 rings (SSSR count). The van der Waals surface area contributed by atoms with E-state index >= 15 is 0 Å². The molecule has 0 saturated carbocycles. The Morgan fingerprint density at radius 2 is 1.36 bits per heavy atom. The molecule has 0 heterocycles. The van der Waals surface area contributed by atoms with Crippen molar-refractivity contribution in [2.45, 2.75) is 13.3 Å². The zero-order valence-electron chi connectivity index (χ0n) is 16.0. The van der Waals surface area contributed by atoms with Gasteiger partial charge in [0, 0.05) is 29.4 Å². The van der Waals surface area contributed by atoms with Gasteiger partial charge < -0.3 is 14.8 Å². The van der Waals surface area contributed by atoms with Crippen LogP contribution in [-0.4, -0.2) is 25.2 Å². The number of benzene rings is 2. The van der Waals surface area contributed by atoms with E-state index in [0.717, 1.165) is 29.1 Å². The summed E-state index contributed by atoms with van der Waals surface area (Å²) in [5, 5.41) is 3.35. The average Bonchev–Trinajstić information content (AvgIpc) is 2.72. The highest BCUT2D eigenvalue weighted by Gasteiger charge is 2.14. The fourth-order valence-corrected chi connectivity index (χ4v) is 2.54. The van der Waals surface area contributed by atoms with E-state index in [1.807, 2.05) is 43.3 Å². The molecule has 2 aromatic rings. The standard InChI is InChI=1S/C23H25NO4/c1-4-22(25)27-15-19(16-28-23(26)5-2)14-18-8-12-21(13-9-18)24-20-10-6-17(3)7-11-20/h4-13,19,24H,1-2,14-16H2,3H3. The molecule has 0 unspecified atom stereocenters. The maximum Gasteiger partial charge on any atom is 0.330 e. The van der Waals surface area contributed by atoms with Gasteiger partial charge in [-0.15, -0.1) is 0 Å². The van der Waals surface area contributed by atoms with E-state index in [1.165, 1.54) is 5.56 Å². The predicted molar refractivity (Wildman–Crippen MR) is 110 cm³/mol. The normalized spacial score (nSPS) is 10.2. The summed E-state index contributed by atoms with van der Waals surface area (Å²) < 4.78 is 10.2. The van der Waals surface area contributed by atoms with E-state index in [-0.39, 0.29) is 19.1 Å². The number of carbonyl (C=O) groups is 2. The lowest BCUT2D eigenvalue weighted by atomic mass is 10.0. The van der Waals surface area contributed by atoms with Crippen molar-refractivity contribution in [3.63, 3.8) is 0 Å². The van der Waals surface area contributed by atoms with E-state index in [1.54, 1.807) is 0 Å². The van der Waals surface area contributed by atoms with Gasteiger partial charge in [0.15, 0.2) is 0 Å². The molecule has 5 nitrogen and oxygen atoms in total. The summed E-state index contributed by atoms with van der Waals surface area (Å²) in [6, 6.07) is 16.1. The van der Waals surface area contributed by atoms with Crippen LogP contribution in [0.5, 0.6) is 0 Å². The highest BCUT2D eigenvalue weighted by atomic mass is 16.5. The number of ether oxygens (including phenoxy) is 2. The van der Waals surface area contributed by atoms with Crippen molar-refractivity contribution in [2.24, 2.45) is 5.92 Å². The number of carbonyl (C=O) groups excluding carboxylic acids is 2. The van der Waals surface area contributed by atoms with Gasteiger partial charge in [-0.3, -0.25) is 0 Å². The summed E-state index contributed by atoms with van der Waals surface area (Å²) in [4.78, 5) is 22.7. The second-order valence-corrected chi connectivity index (χ2v) is 6.43. The Hall–Kier alpha value is -3.34. The minimum atomic E-state index is -0.502. The first-order valence-corrected chi connectivity index (χ1v) is 9.01. The fourth-order valence-electron chi connectivity index (χ4n) is 2.54. The van der Waals surface area contributed by atoms with Gasteiger partial charge in [0.2, 0.25) is 0 Å². The van der Waals surface area contributed by atoms with E-state index in [9.17, 15) is 9.59 Å². The number of anilines is 2. The second-order valence-electron chi connectivity index (χ2n) is 6.43. The first-order chi connectivity index (χ1) is 13.5. The van der Waals surface area contributed by atoms with Crippen LogP contribution < -0.4 is 5.32 Å². The molecule has 0 aliphatic heterocycles. The lowest BCUT2D eigenvalue weighted by Gasteiger charge is -2.17. The van der Waals surface area contributed by atoms with Crippen LogP contribution in [0.1, 0.15) is 11.1 Å². The summed E-state index contributed by atoms with van der Waals surface area (Å²) in [6.45, 7) is 9.08. The molecule has 0 spiro atoms. The van der Waals surface area contributed by atoms with E-state index in [0.29, 0.717) is 6.42 Å². The molecule has 0 aliphatic carbocycles. The molecule has 5 heteroatoms. The molecule has 28 heavy (non-hydrogen) atoms. The number of esters is 2. The van der Waals surface area contributed by atoms with Gasteiger partial charge in [-0.05, 0) is 43.2 Å². The summed E-state index contributed by atoms with van der Waals surface area (Å²) in [6.07, 6.45) is 2.82. The van der Waals surface area contributed by atoms with Crippen molar-refractivity contribution in [2.75, 3.05) is 18.5 Å². The monoisotopic (exact) mass is 379 g/mol. The highest BCUT2D eigenvalue weighted by molar-refractivity contribution is 5.81. The molecule has 0 fully saturated rings. The van der Waals surface area contributed by atoms with Crippen molar-refractivity contribution >= 4 is 23.3 Å². The van der Waals surface area contributed by atoms with Crippen molar-refractivity contribution < 1.29 is 19.1 Å². The Bertz CT molecular complexity index is 786. The molecule has 1 N–H and O–H groups in total. The number of aryl methyl sites for hydroxylation is 1. The Morgan fingerprint density at radius 3 is 1.82 bits per heavy atom. The number of hydrogen-bond donors (Lipinski definition) is 1. The highest BCUT2D eigenvalue weighted by Crippen LogP contribution is 2.19. The number of nitrogens with one attached hydrogen (secondary N) is 1. The van der Waals surface area contributed by atoms with E-state index in [4.69, 9.17) is 9.47 Å². The smallest absolute Gasteiger partial charge is 0.330 e. The Balaban J connectivity index is 1.98. The molecule has 0 saturated heterocycles. The van der Waals surface area contributed by atoms with Crippen LogP contribution in [-0.2, 0) is 25.5 Å². The third kappa shape index (κ3) is 7.11. The van der Waals surface area contributed by atoms with Crippen molar-refractivity contribution in [1.29, 1.82) is 0 Å². The second kappa shape index (κ2) is 10.7. The first-order valence-electron chi connectivity index (χ1n) is 9.01. The van der Waals surface area contributed by atoms with Crippen molar-refractivity contribution in [3.8, 4) is 0 Å². The van der Waals surface area contributed by atoms with Crippen molar-refractivity contribution in [1.82, 2.24) is 0 Å². The maximum atomic E-state index is 11.3. The Kier molecular flexibility index (Phi) is 8.03. The minimum absolute atomic E-state index is 0.138. The van der Waals surface area contributed by atoms with Gasteiger partial charge in [0.25, 0.3) is 0 Å². The van der Waals surface area contributed by atoms with Gasteiger partial charge in [-0.1, -0.05) is 43.0 Å². The molecule has 2 aromatic carbocycles. The summed E-state index contributed by atoms with van der Waals surface area (Å²) >= 11 is 0. The summed E-state index contributed by atoms with van der Waals surface area (Å²) in [5.41, 5.74) is 4.24. The zero-order chi connectivity index (χ0) is 20.4. The van der Waals surface area contributed by atoms with Crippen molar-refractivity contribution in [3.05, 3.63) is 85.0 Å². The van der Waals surface area contributed by atoms with Crippen LogP contribution in [0.3, 0.4) is 0 Å². The number of rotatable bonds is 10. The van der Waals surface area contributed by atoms with Crippen LogP contribution in [0.2, 0.25) is 0 Å². The Morgan fingerprint density at radius 1 is 0.893 bits per heavy atom. The molecule has 146 valence electrons. The van der Waals surface area contributed by atoms with Gasteiger partial charge in [-0.25, -0.2) is 9.59 Å². The molecular weight excluding hydrogens is 354 g/mol. The van der Waals surface area contributed by atoms with E-state index in [2.05, 4.69) is 30.6 Å². The van der Waals surface area contributed by atoms with Gasteiger partial charge in [-0.2, -0.15) is 0 Å². The van der Waals surface area contributed by atoms with Crippen LogP contribution in [0, 0.1) is 12.8 Å². The molecule has 0 aliphatic rings. The van der Waals surface area contributed by atoms with Gasteiger partial charge in [0.05, 0.1) is 13.2 Å². The average molecular weight is 379 g/mol. The minimum Gasteiger partial charge on any atom is -0.462 e. The van der Waals surface area contributed by atoms with Crippen LogP contribution in [0.25, 0.3) is 0 Å². The molecule has 0 aromatic heterocycles. The van der Waals surface area contributed by atoms with Crippen LogP contribution in [0.15, 0.2) is 73.8 Å². The lowest BCUT2D eigenvalue weighted by Crippen LogP contribution is -2.22. The fraction of sp³-hybridized carbons (Fsp3) is 0.217. The molecule has 0 atom stereocenters. The maximum absolute atomic E-state index is 11.3. The van der Waals surface area contributed by atoms with Crippen LogP contribution in [0.4, 0.5) is 11.4 Å². The third-order valence-electron chi connectivity index (χ3n) is 4.07. The summed E-state index contributed by atoms with van der Waals surface area (Å²) in [7, 11) is 0. The van der Waals surface area contributed by atoms with Gasteiger partial charge in [0.1, 0.15) is 0 Å². The third-order valence-corrected chi connectivity index (χ3v) is 4.07. The van der Waals surface area contributed by atoms with Gasteiger partial charge >= 0.3 is 11.9 Å². The SMILES string of the molecule is C=CC(=O)OCC(COC(=O)C=C)Cc1ccc(Nc2ccc(C)cc2)cc1. The molecular formula is C23H25NO4. The zero-order valence-corrected chi connectivity index (χ0v) is 16.0. The predicted octanol–water partition coefficient (Wildman–Crippen LogP) is 4.36.